The van der Waals surface area contributed by atoms with E-state index in [1.165, 1.54) is 19.3 Å². The first-order chi connectivity index (χ1) is 12.7. The predicted octanol–water partition coefficient (Wildman–Crippen LogP) is 3.21. The predicted molar refractivity (Wildman–Crippen MR) is 106 cm³/mol. The fraction of sp³-hybridized carbons (Fsp3) is 0.900. The van der Waals surface area contributed by atoms with Crippen LogP contribution in [0.3, 0.4) is 0 Å². The van der Waals surface area contributed by atoms with Crippen LogP contribution in [0.2, 0.25) is 0 Å². The van der Waals surface area contributed by atoms with Crippen LogP contribution in [0.15, 0.2) is 4.99 Å². The Balaban J connectivity index is 2.19. The highest BCUT2D eigenvalue weighted by molar-refractivity contribution is 5.79. The van der Waals surface area contributed by atoms with Gasteiger partial charge in [-0.05, 0) is 51.9 Å². The van der Waals surface area contributed by atoms with Crippen molar-refractivity contribution in [2.45, 2.75) is 65.2 Å². The van der Waals surface area contributed by atoms with Gasteiger partial charge in [-0.15, -0.1) is 0 Å². The molecule has 0 unspecified atom stereocenters. The number of unbranched alkanes of at least 4 members (excludes halogenated alkanes) is 3. The number of ether oxygens (including phenoxy) is 2. The van der Waals surface area contributed by atoms with Crippen molar-refractivity contribution in [2.24, 2.45) is 10.9 Å². The quantitative estimate of drug-likeness (QED) is 0.248. The highest BCUT2D eigenvalue weighted by atomic mass is 16.5. The molecule has 0 atom stereocenters. The second kappa shape index (κ2) is 14.8. The van der Waals surface area contributed by atoms with Crippen molar-refractivity contribution in [2.75, 3.05) is 46.5 Å². The minimum absolute atomic E-state index is 0.0777. The summed E-state index contributed by atoms with van der Waals surface area (Å²) < 4.78 is 10.4. The van der Waals surface area contributed by atoms with Crippen LogP contribution in [0, 0.1) is 5.92 Å². The lowest BCUT2D eigenvalue weighted by atomic mass is 9.96. The molecule has 0 radical (unpaired) electrons. The summed E-state index contributed by atoms with van der Waals surface area (Å²) in [4.78, 5) is 18.3. The smallest absolute Gasteiger partial charge is 0.305 e. The highest BCUT2D eigenvalue weighted by Crippen LogP contribution is 2.18. The van der Waals surface area contributed by atoms with Gasteiger partial charge in [0.1, 0.15) is 0 Å². The Kier molecular flexibility index (Phi) is 13.0. The summed E-state index contributed by atoms with van der Waals surface area (Å²) in [5.74, 6) is 1.71. The summed E-state index contributed by atoms with van der Waals surface area (Å²) in [6, 6.07) is 0. The molecule has 0 aliphatic carbocycles. The first-order valence-electron chi connectivity index (χ1n) is 10.4. The van der Waals surface area contributed by atoms with Gasteiger partial charge in [0.05, 0.1) is 6.61 Å². The van der Waals surface area contributed by atoms with E-state index in [0.29, 0.717) is 13.0 Å². The molecule has 1 aliphatic rings. The van der Waals surface area contributed by atoms with Crippen LogP contribution in [-0.4, -0.2) is 63.3 Å². The van der Waals surface area contributed by atoms with Gasteiger partial charge in [-0.2, -0.15) is 0 Å². The molecule has 1 rings (SSSR count). The van der Waals surface area contributed by atoms with E-state index in [2.05, 4.69) is 24.2 Å². The molecule has 6 heteroatoms. The van der Waals surface area contributed by atoms with Gasteiger partial charge in [-0.3, -0.25) is 9.79 Å². The molecule has 1 saturated heterocycles. The molecule has 1 aliphatic heterocycles. The number of nitrogens with one attached hydrogen (secondary N) is 1. The molecule has 1 heterocycles. The Hall–Kier alpha value is -1.30. The number of esters is 1. The number of carbonyl (C=O) groups is 1. The maximum Gasteiger partial charge on any atom is 0.305 e. The summed E-state index contributed by atoms with van der Waals surface area (Å²) in [5.41, 5.74) is 0. The van der Waals surface area contributed by atoms with Gasteiger partial charge < -0.3 is 19.7 Å². The maximum atomic E-state index is 11.3. The number of nitrogens with zero attached hydrogens (tertiary/aromatic N) is 2. The van der Waals surface area contributed by atoms with Crippen LogP contribution in [0.25, 0.3) is 0 Å². The van der Waals surface area contributed by atoms with Crippen molar-refractivity contribution in [1.29, 1.82) is 0 Å². The minimum Gasteiger partial charge on any atom is -0.466 e. The van der Waals surface area contributed by atoms with Crippen molar-refractivity contribution in [3.05, 3.63) is 0 Å². The Labute approximate surface area is 159 Å². The highest BCUT2D eigenvalue weighted by Gasteiger charge is 2.15. The van der Waals surface area contributed by atoms with E-state index in [1.807, 2.05) is 6.92 Å². The van der Waals surface area contributed by atoms with Gasteiger partial charge in [0.15, 0.2) is 5.96 Å². The van der Waals surface area contributed by atoms with E-state index in [-0.39, 0.29) is 5.97 Å². The number of guanidine groups is 1. The van der Waals surface area contributed by atoms with Crippen LogP contribution in [0.5, 0.6) is 0 Å². The third kappa shape index (κ3) is 10.6. The van der Waals surface area contributed by atoms with Gasteiger partial charge in [0, 0.05) is 46.3 Å². The second-order valence-corrected chi connectivity index (χ2v) is 6.97. The van der Waals surface area contributed by atoms with Crippen LogP contribution in [-0.2, 0) is 14.3 Å². The molecule has 6 nitrogen and oxygen atoms in total. The van der Waals surface area contributed by atoms with Crippen LogP contribution in [0.1, 0.15) is 65.2 Å². The lowest BCUT2D eigenvalue weighted by Gasteiger charge is -2.26. The van der Waals surface area contributed by atoms with E-state index in [1.54, 1.807) is 0 Å². The van der Waals surface area contributed by atoms with Gasteiger partial charge in [0.25, 0.3) is 0 Å². The third-order valence-corrected chi connectivity index (χ3v) is 4.77. The fourth-order valence-corrected chi connectivity index (χ4v) is 3.14. The Morgan fingerprint density at radius 1 is 1.19 bits per heavy atom. The van der Waals surface area contributed by atoms with Crippen molar-refractivity contribution >= 4 is 11.9 Å². The molecule has 0 aromatic rings. The normalized spacial score (nSPS) is 15.7. The zero-order chi connectivity index (χ0) is 19.0. The monoisotopic (exact) mass is 369 g/mol. The zero-order valence-corrected chi connectivity index (χ0v) is 17.1. The molecule has 26 heavy (non-hydrogen) atoms. The second-order valence-electron chi connectivity index (χ2n) is 6.97. The minimum atomic E-state index is -0.0777. The van der Waals surface area contributed by atoms with Crippen LogP contribution in [0.4, 0.5) is 0 Å². The third-order valence-electron chi connectivity index (χ3n) is 4.77. The Morgan fingerprint density at radius 2 is 1.92 bits per heavy atom. The Morgan fingerprint density at radius 3 is 2.62 bits per heavy atom. The average Bonchev–Trinajstić information content (AvgIpc) is 2.65. The number of aliphatic imine (C=N–C) groups is 1. The summed E-state index contributed by atoms with van der Waals surface area (Å²) in [6.45, 7) is 9.02. The summed E-state index contributed by atoms with van der Waals surface area (Å²) in [5, 5.41) is 3.39. The van der Waals surface area contributed by atoms with E-state index >= 15 is 0 Å². The first kappa shape index (κ1) is 22.7. The van der Waals surface area contributed by atoms with E-state index in [4.69, 9.17) is 14.5 Å². The van der Waals surface area contributed by atoms with Crippen LogP contribution >= 0.6 is 0 Å². The average molecular weight is 370 g/mol. The molecule has 0 spiro atoms. The van der Waals surface area contributed by atoms with Crippen molar-refractivity contribution in [3.8, 4) is 0 Å². The van der Waals surface area contributed by atoms with Gasteiger partial charge in [-0.1, -0.05) is 12.8 Å². The molecular weight excluding hydrogens is 330 g/mol. The molecule has 1 N–H and O–H groups in total. The van der Waals surface area contributed by atoms with Crippen LogP contribution < -0.4 is 5.32 Å². The number of rotatable bonds is 12. The van der Waals surface area contributed by atoms with Gasteiger partial charge in [0.2, 0.25) is 0 Å². The zero-order valence-electron chi connectivity index (χ0n) is 17.1. The first-order valence-corrected chi connectivity index (χ1v) is 10.4. The molecule has 0 bridgehead atoms. The van der Waals surface area contributed by atoms with E-state index in [9.17, 15) is 4.79 Å². The van der Waals surface area contributed by atoms with Gasteiger partial charge in [-0.25, -0.2) is 0 Å². The van der Waals surface area contributed by atoms with E-state index < -0.39 is 0 Å². The van der Waals surface area contributed by atoms with Crippen molar-refractivity contribution in [1.82, 2.24) is 10.2 Å². The molecule has 0 amide bonds. The largest absolute Gasteiger partial charge is 0.466 e. The lowest BCUT2D eigenvalue weighted by Crippen LogP contribution is -2.40. The number of hydrogen-bond acceptors (Lipinski definition) is 4. The number of hydrogen-bond donors (Lipinski definition) is 1. The molecular formula is C20H39N3O3. The van der Waals surface area contributed by atoms with Crippen molar-refractivity contribution in [3.63, 3.8) is 0 Å². The van der Waals surface area contributed by atoms with E-state index in [0.717, 1.165) is 70.4 Å². The number of carbonyl (C=O) groups excluding carboxylic acids is 1. The molecule has 0 saturated carbocycles. The summed E-state index contributed by atoms with van der Waals surface area (Å²) in [6.07, 6.45) is 8.26. The fourth-order valence-electron chi connectivity index (χ4n) is 3.14. The molecule has 1 fully saturated rings. The summed E-state index contributed by atoms with van der Waals surface area (Å²) in [7, 11) is 2.13. The SMILES string of the molecule is CCNC(=NCCCCCCC(=O)OCC)N(C)CCC1CCOCC1. The van der Waals surface area contributed by atoms with Gasteiger partial charge >= 0.3 is 5.97 Å². The molecule has 0 aromatic heterocycles. The topological polar surface area (TPSA) is 63.2 Å². The molecule has 0 aromatic carbocycles. The summed E-state index contributed by atoms with van der Waals surface area (Å²) >= 11 is 0. The Bertz CT molecular complexity index is 396. The molecule has 152 valence electrons. The lowest BCUT2D eigenvalue weighted by molar-refractivity contribution is -0.143. The maximum absolute atomic E-state index is 11.3. The van der Waals surface area contributed by atoms with Crippen molar-refractivity contribution < 1.29 is 14.3 Å². The standard InChI is InChI=1S/C20H39N3O3/c1-4-21-20(23(3)15-11-18-12-16-25-17-13-18)22-14-9-7-6-8-10-19(24)26-5-2/h18H,4-17H2,1-3H3,(H,21,22).